The minimum Gasteiger partial charge on any atom is -0.356 e. The van der Waals surface area contributed by atoms with Gasteiger partial charge in [-0.3, -0.25) is 4.79 Å². The molecule has 0 aliphatic heterocycles. The molecule has 2 unspecified atom stereocenters. The molecule has 3 N–H and O–H groups in total. The first-order valence-electron chi connectivity index (χ1n) is 8.22. The van der Waals surface area contributed by atoms with E-state index < -0.39 is 0 Å². The van der Waals surface area contributed by atoms with Crippen LogP contribution >= 0.6 is 0 Å². The maximum atomic E-state index is 12.1. The van der Waals surface area contributed by atoms with Crippen LogP contribution in [0.3, 0.4) is 0 Å². The fourth-order valence-electron chi connectivity index (χ4n) is 2.84. The Balaban J connectivity index is 2.11. The maximum absolute atomic E-state index is 12.1. The van der Waals surface area contributed by atoms with E-state index in [0.717, 1.165) is 51.7 Å². The van der Waals surface area contributed by atoms with Crippen LogP contribution in [-0.4, -0.2) is 43.5 Å². The zero-order valence-electron chi connectivity index (χ0n) is 13.5. The number of hydrogen-bond donors (Lipinski definition) is 2. The summed E-state index contributed by atoms with van der Waals surface area (Å²) in [6, 6.07) is 0.597. The van der Waals surface area contributed by atoms with Crippen molar-refractivity contribution in [3.63, 3.8) is 0 Å². The molecule has 4 nitrogen and oxygen atoms in total. The molecule has 0 radical (unpaired) electrons. The van der Waals surface area contributed by atoms with Crippen molar-refractivity contribution >= 4 is 5.91 Å². The lowest BCUT2D eigenvalue weighted by Crippen LogP contribution is -2.36. The Morgan fingerprint density at radius 2 is 2.10 bits per heavy atom. The molecule has 0 aromatic heterocycles. The van der Waals surface area contributed by atoms with E-state index in [0.29, 0.717) is 12.0 Å². The predicted molar refractivity (Wildman–Crippen MR) is 84.5 cm³/mol. The third-order valence-electron chi connectivity index (χ3n) is 4.61. The summed E-state index contributed by atoms with van der Waals surface area (Å²) in [6.45, 7) is 7.06. The Morgan fingerprint density at radius 3 is 2.75 bits per heavy atom. The second-order valence-electron chi connectivity index (χ2n) is 6.54. The molecule has 1 rings (SSSR count). The number of hydrogen-bond acceptors (Lipinski definition) is 3. The summed E-state index contributed by atoms with van der Waals surface area (Å²) in [5, 5.41) is 3.10. The van der Waals surface area contributed by atoms with Gasteiger partial charge >= 0.3 is 0 Å². The Morgan fingerprint density at radius 1 is 1.35 bits per heavy atom. The third kappa shape index (κ3) is 6.23. The Labute approximate surface area is 124 Å². The van der Waals surface area contributed by atoms with Crippen LogP contribution in [0.5, 0.6) is 0 Å². The number of rotatable bonds is 8. The van der Waals surface area contributed by atoms with Crippen molar-refractivity contribution in [2.24, 2.45) is 17.6 Å². The number of carbonyl (C=O) groups excluding carboxylic acids is 1. The Bertz CT molecular complexity index is 281. The summed E-state index contributed by atoms with van der Waals surface area (Å²) in [6.07, 6.45) is 6.58. The van der Waals surface area contributed by atoms with Crippen molar-refractivity contribution in [3.05, 3.63) is 0 Å². The lowest BCUT2D eigenvalue weighted by atomic mass is 9.81. The maximum Gasteiger partial charge on any atom is 0.223 e. The molecule has 4 heteroatoms. The second-order valence-corrected chi connectivity index (χ2v) is 6.54. The minimum absolute atomic E-state index is 0.204. The topological polar surface area (TPSA) is 58.4 Å². The molecule has 0 heterocycles. The Hall–Kier alpha value is -0.610. The molecule has 1 saturated carbocycles. The molecule has 1 aliphatic carbocycles. The number of carbonyl (C=O) groups is 1. The molecule has 118 valence electrons. The summed E-state index contributed by atoms with van der Waals surface area (Å²) >= 11 is 0. The predicted octanol–water partition coefficient (Wildman–Crippen LogP) is 1.99. The van der Waals surface area contributed by atoms with Crippen molar-refractivity contribution in [1.29, 1.82) is 0 Å². The fraction of sp³-hybridized carbons (Fsp3) is 0.938. The molecule has 0 aromatic carbocycles. The smallest absolute Gasteiger partial charge is 0.223 e. The van der Waals surface area contributed by atoms with E-state index in [1.165, 1.54) is 6.42 Å². The van der Waals surface area contributed by atoms with Crippen molar-refractivity contribution in [2.45, 2.75) is 58.4 Å². The molecule has 1 amide bonds. The van der Waals surface area contributed by atoms with Crippen LogP contribution in [0, 0.1) is 11.8 Å². The molecule has 0 saturated heterocycles. The van der Waals surface area contributed by atoms with Crippen LogP contribution in [0.15, 0.2) is 0 Å². The highest BCUT2D eigenvalue weighted by molar-refractivity contribution is 5.78. The van der Waals surface area contributed by atoms with Gasteiger partial charge in [-0.1, -0.05) is 6.42 Å². The van der Waals surface area contributed by atoms with E-state index in [1.807, 2.05) is 0 Å². The molecule has 1 aliphatic rings. The lowest BCUT2D eigenvalue weighted by molar-refractivity contribution is -0.126. The number of nitrogens with one attached hydrogen (secondary N) is 1. The van der Waals surface area contributed by atoms with Gasteiger partial charge in [-0.05, 0) is 72.0 Å². The van der Waals surface area contributed by atoms with Crippen LogP contribution in [0.2, 0.25) is 0 Å². The molecule has 0 bridgehead atoms. The zero-order chi connectivity index (χ0) is 15.0. The van der Waals surface area contributed by atoms with Gasteiger partial charge < -0.3 is 16.0 Å². The fourth-order valence-corrected chi connectivity index (χ4v) is 2.84. The molecule has 2 atom stereocenters. The van der Waals surface area contributed by atoms with E-state index >= 15 is 0 Å². The standard InChI is InChI=1S/C16H33N3O/c1-13(2)19(3)10-5-4-9-18-16(20)15-8-6-7-14(11-15)12-17/h13-15H,4-12,17H2,1-3H3,(H,18,20). The van der Waals surface area contributed by atoms with E-state index in [2.05, 4.69) is 31.1 Å². The van der Waals surface area contributed by atoms with Gasteiger partial charge in [0.05, 0.1) is 0 Å². The van der Waals surface area contributed by atoms with Crippen molar-refractivity contribution in [2.75, 3.05) is 26.7 Å². The number of unbranched alkanes of at least 4 members (excludes halogenated alkanes) is 1. The van der Waals surface area contributed by atoms with Crippen LogP contribution in [0.4, 0.5) is 0 Å². The van der Waals surface area contributed by atoms with Gasteiger partial charge in [-0.15, -0.1) is 0 Å². The van der Waals surface area contributed by atoms with E-state index in [4.69, 9.17) is 5.73 Å². The summed E-state index contributed by atoms with van der Waals surface area (Å²) in [4.78, 5) is 14.4. The summed E-state index contributed by atoms with van der Waals surface area (Å²) < 4.78 is 0. The van der Waals surface area contributed by atoms with E-state index in [9.17, 15) is 4.79 Å². The summed E-state index contributed by atoms with van der Waals surface area (Å²) in [5.41, 5.74) is 5.72. The van der Waals surface area contributed by atoms with Gasteiger partial charge in [0.1, 0.15) is 0 Å². The Kier molecular flexibility index (Phi) is 8.15. The van der Waals surface area contributed by atoms with Crippen LogP contribution in [-0.2, 0) is 4.79 Å². The van der Waals surface area contributed by atoms with Crippen LogP contribution < -0.4 is 11.1 Å². The number of nitrogens with two attached hydrogens (primary N) is 1. The molecule has 20 heavy (non-hydrogen) atoms. The van der Waals surface area contributed by atoms with Crippen molar-refractivity contribution < 1.29 is 4.79 Å². The normalized spacial score (nSPS) is 23.3. The molecule has 0 spiro atoms. The molecule has 0 aromatic rings. The first kappa shape index (κ1) is 17.4. The van der Waals surface area contributed by atoms with Gasteiger partial charge in [0.2, 0.25) is 5.91 Å². The van der Waals surface area contributed by atoms with Gasteiger partial charge in [0, 0.05) is 18.5 Å². The molecule has 1 fully saturated rings. The number of amides is 1. The average molecular weight is 283 g/mol. The van der Waals surface area contributed by atoms with Gasteiger partial charge in [0.25, 0.3) is 0 Å². The molecular weight excluding hydrogens is 250 g/mol. The van der Waals surface area contributed by atoms with Crippen LogP contribution in [0.1, 0.15) is 52.4 Å². The second kappa shape index (κ2) is 9.35. The first-order valence-corrected chi connectivity index (χ1v) is 8.22. The zero-order valence-corrected chi connectivity index (χ0v) is 13.5. The largest absolute Gasteiger partial charge is 0.356 e. The number of nitrogens with zero attached hydrogens (tertiary/aromatic N) is 1. The van der Waals surface area contributed by atoms with E-state index in [-0.39, 0.29) is 11.8 Å². The summed E-state index contributed by atoms with van der Waals surface area (Å²) in [5.74, 6) is 1.01. The van der Waals surface area contributed by atoms with Crippen LogP contribution in [0.25, 0.3) is 0 Å². The first-order chi connectivity index (χ1) is 9.54. The van der Waals surface area contributed by atoms with Gasteiger partial charge in [-0.25, -0.2) is 0 Å². The minimum atomic E-state index is 0.204. The quantitative estimate of drug-likeness (QED) is 0.670. The van der Waals surface area contributed by atoms with E-state index in [1.54, 1.807) is 0 Å². The third-order valence-corrected chi connectivity index (χ3v) is 4.61. The van der Waals surface area contributed by atoms with Crippen molar-refractivity contribution in [3.8, 4) is 0 Å². The average Bonchev–Trinajstić information content (AvgIpc) is 2.46. The lowest BCUT2D eigenvalue weighted by Gasteiger charge is -2.27. The SMILES string of the molecule is CC(C)N(C)CCCCNC(=O)C1CCCC(CN)C1. The highest BCUT2D eigenvalue weighted by Crippen LogP contribution is 2.28. The highest BCUT2D eigenvalue weighted by atomic mass is 16.1. The summed E-state index contributed by atoms with van der Waals surface area (Å²) in [7, 11) is 2.15. The van der Waals surface area contributed by atoms with Gasteiger partial charge in [-0.2, -0.15) is 0 Å². The molecular formula is C16H33N3O. The van der Waals surface area contributed by atoms with Crippen molar-refractivity contribution in [1.82, 2.24) is 10.2 Å². The monoisotopic (exact) mass is 283 g/mol. The highest BCUT2D eigenvalue weighted by Gasteiger charge is 2.26. The van der Waals surface area contributed by atoms with Gasteiger partial charge in [0.15, 0.2) is 0 Å².